The van der Waals surface area contributed by atoms with E-state index in [0.29, 0.717) is 18.2 Å². The van der Waals surface area contributed by atoms with E-state index in [9.17, 15) is 4.79 Å². The van der Waals surface area contributed by atoms with E-state index in [1.54, 1.807) is 18.3 Å². The van der Waals surface area contributed by atoms with Crippen molar-refractivity contribution in [1.29, 1.82) is 0 Å². The summed E-state index contributed by atoms with van der Waals surface area (Å²) in [5, 5.41) is 0. The van der Waals surface area contributed by atoms with Crippen molar-refractivity contribution < 1.29 is 4.79 Å². The maximum absolute atomic E-state index is 11.7. The van der Waals surface area contributed by atoms with E-state index in [1.807, 2.05) is 11.9 Å². The molecule has 88 valence electrons. The van der Waals surface area contributed by atoms with Gasteiger partial charge in [-0.25, -0.2) is 0 Å². The van der Waals surface area contributed by atoms with Gasteiger partial charge in [-0.15, -0.1) is 12.4 Å². The molecule has 1 saturated carbocycles. The highest BCUT2D eigenvalue weighted by Crippen LogP contribution is 2.25. The molecule has 1 aliphatic rings. The molecular weight excluding hydrogens is 226 g/mol. The first-order valence-electron chi connectivity index (χ1n) is 5.13. The number of halogens is 1. The summed E-state index contributed by atoms with van der Waals surface area (Å²) in [6.45, 7) is 0. The van der Waals surface area contributed by atoms with E-state index in [1.165, 1.54) is 0 Å². The second kappa shape index (κ2) is 5.16. The Kier molecular flexibility index (Phi) is 4.12. The number of anilines is 1. The van der Waals surface area contributed by atoms with Gasteiger partial charge in [0, 0.05) is 18.8 Å². The minimum Gasteiger partial charge on any atom is -0.397 e. The van der Waals surface area contributed by atoms with E-state index in [4.69, 9.17) is 5.73 Å². The lowest BCUT2D eigenvalue weighted by Gasteiger charge is -2.15. The number of rotatable bonds is 3. The molecule has 1 fully saturated rings. The van der Waals surface area contributed by atoms with E-state index in [2.05, 4.69) is 4.98 Å². The molecule has 2 rings (SSSR count). The standard InChI is InChI=1S/C11H15N3O.ClH/c1-14(10-4-5-10)11(15)6-9-3-2-8(12)7-13-9;/h2-3,7,10H,4-6,12H2,1H3;1H. The van der Waals surface area contributed by atoms with Gasteiger partial charge in [-0.3, -0.25) is 9.78 Å². The Balaban J connectivity index is 0.00000128. The number of amides is 1. The lowest BCUT2D eigenvalue weighted by Crippen LogP contribution is -2.30. The van der Waals surface area contributed by atoms with Crippen LogP contribution in [-0.2, 0) is 11.2 Å². The van der Waals surface area contributed by atoms with Crippen molar-refractivity contribution in [3.63, 3.8) is 0 Å². The predicted molar refractivity (Wildman–Crippen MR) is 65.4 cm³/mol. The normalized spacial score (nSPS) is 14.1. The maximum atomic E-state index is 11.7. The number of nitrogens with zero attached hydrogens (tertiary/aromatic N) is 2. The Bertz CT molecular complexity index is 362. The first-order valence-corrected chi connectivity index (χ1v) is 5.13. The number of nitrogen functional groups attached to an aromatic ring is 1. The molecule has 16 heavy (non-hydrogen) atoms. The summed E-state index contributed by atoms with van der Waals surface area (Å²) in [7, 11) is 1.86. The fourth-order valence-corrected chi connectivity index (χ4v) is 1.49. The number of nitrogens with two attached hydrogens (primary N) is 1. The Hall–Kier alpha value is -1.29. The van der Waals surface area contributed by atoms with Crippen LogP contribution in [-0.4, -0.2) is 28.9 Å². The highest BCUT2D eigenvalue weighted by atomic mass is 35.5. The monoisotopic (exact) mass is 241 g/mol. The van der Waals surface area contributed by atoms with Crippen LogP contribution in [0.3, 0.4) is 0 Å². The quantitative estimate of drug-likeness (QED) is 0.867. The van der Waals surface area contributed by atoms with Gasteiger partial charge in [0.25, 0.3) is 0 Å². The SMILES string of the molecule is CN(C(=O)Cc1ccc(N)cn1)C1CC1.Cl. The Labute approximate surface area is 101 Å². The van der Waals surface area contributed by atoms with Crippen molar-refractivity contribution in [2.75, 3.05) is 12.8 Å². The van der Waals surface area contributed by atoms with E-state index < -0.39 is 0 Å². The number of carbonyl (C=O) groups excluding carboxylic acids is 1. The number of pyridine rings is 1. The van der Waals surface area contributed by atoms with Crippen LogP contribution in [0, 0.1) is 0 Å². The number of carbonyl (C=O) groups is 1. The van der Waals surface area contributed by atoms with Crippen LogP contribution in [0.2, 0.25) is 0 Å². The van der Waals surface area contributed by atoms with E-state index in [0.717, 1.165) is 18.5 Å². The lowest BCUT2D eigenvalue weighted by molar-refractivity contribution is -0.129. The molecule has 0 aromatic carbocycles. The van der Waals surface area contributed by atoms with Crippen LogP contribution in [0.5, 0.6) is 0 Å². The molecule has 1 aromatic heterocycles. The minimum atomic E-state index is 0. The molecule has 0 saturated heterocycles. The van der Waals surface area contributed by atoms with Gasteiger partial charge in [-0.2, -0.15) is 0 Å². The molecular formula is C11H16ClN3O. The van der Waals surface area contributed by atoms with Gasteiger partial charge in [0.1, 0.15) is 0 Å². The van der Waals surface area contributed by atoms with Gasteiger partial charge in [0.2, 0.25) is 5.91 Å². The molecule has 1 aliphatic carbocycles. The van der Waals surface area contributed by atoms with Gasteiger partial charge in [0.15, 0.2) is 0 Å². The third-order valence-electron chi connectivity index (χ3n) is 2.67. The summed E-state index contributed by atoms with van der Waals surface area (Å²) >= 11 is 0. The van der Waals surface area contributed by atoms with E-state index in [-0.39, 0.29) is 18.3 Å². The number of hydrogen-bond acceptors (Lipinski definition) is 3. The van der Waals surface area contributed by atoms with Crippen LogP contribution in [0.4, 0.5) is 5.69 Å². The summed E-state index contributed by atoms with van der Waals surface area (Å²) in [4.78, 5) is 17.7. The fourth-order valence-electron chi connectivity index (χ4n) is 1.49. The smallest absolute Gasteiger partial charge is 0.228 e. The molecule has 0 spiro atoms. The summed E-state index contributed by atoms with van der Waals surface area (Å²) < 4.78 is 0. The lowest BCUT2D eigenvalue weighted by atomic mass is 10.2. The van der Waals surface area contributed by atoms with Gasteiger partial charge in [-0.05, 0) is 25.0 Å². The third kappa shape index (κ3) is 3.10. The third-order valence-corrected chi connectivity index (χ3v) is 2.67. The van der Waals surface area contributed by atoms with Crippen LogP contribution < -0.4 is 5.73 Å². The van der Waals surface area contributed by atoms with Gasteiger partial charge < -0.3 is 10.6 Å². The average molecular weight is 242 g/mol. The molecule has 0 unspecified atom stereocenters. The summed E-state index contributed by atoms with van der Waals surface area (Å²) in [5.41, 5.74) is 6.92. The minimum absolute atomic E-state index is 0. The van der Waals surface area contributed by atoms with E-state index >= 15 is 0 Å². The Morgan fingerprint density at radius 3 is 2.75 bits per heavy atom. The molecule has 1 heterocycles. The molecule has 1 amide bonds. The summed E-state index contributed by atoms with van der Waals surface area (Å²) in [6.07, 6.45) is 4.22. The van der Waals surface area contributed by atoms with Crippen molar-refractivity contribution in [1.82, 2.24) is 9.88 Å². The largest absolute Gasteiger partial charge is 0.397 e. The van der Waals surface area contributed by atoms with Crippen molar-refractivity contribution in [2.24, 2.45) is 0 Å². The molecule has 0 aliphatic heterocycles. The average Bonchev–Trinajstić information content (AvgIpc) is 3.04. The topological polar surface area (TPSA) is 59.2 Å². The second-order valence-corrected chi connectivity index (χ2v) is 4.00. The highest BCUT2D eigenvalue weighted by molar-refractivity contribution is 5.85. The zero-order chi connectivity index (χ0) is 10.8. The fraction of sp³-hybridized carbons (Fsp3) is 0.455. The molecule has 1 aromatic rings. The van der Waals surface area contributed by atoms with Gasteiger partial charge in [-0.1, -0.05) is 0 Å². The van der Waals surface area contributed by atoms with Crippen molar-refractivity contribution >= 4 is 24.0 Å². The number of hydrogen-bond donors (Lipinski definition) is 1. The van der Waals surface area contributed by atoms with Crippen molar-refractivity contribution in [3.05, 3.63) is 24.0 Å². The van der Waals surface area contributed by atoms with Crippen LogP contribution in [0.25, 0.3) is 0 Å². The van der Waals surface area contributed by atoms with Crippen molar-refractivity contribution in [3.8, 4) is 0 Å². The van der Waals surface area contributed by atoms with Crippen molar-refractivity contribution in [2.45, 2.75) is 25.3 Å². The van der Waals surface area contributed by atoms with Crippen LogP contribution >= 0.6 is 12.4 Å². The molecule has 4 nitrogen and oxygen atoms in total. The number of aromatic nitrogens is 1. The summed E-state index contributed by atoms with van der Waals surface area (Å²) in [5.74, 6) is 0.134. The molecule has 0 bridgehead atoms. The van der Waals surface area contributed by atoms with Crippen LogP contribution in [0.15, 0.2) is 18.3 Å². The predicted octanol–water partition coefficient (Wildman–Crippen LogP) is 1.25. The molecule has 2 N–H and O–H groups in total. The van der Waals surface area contributed by atoms with Crippen LogP contribution in [0.1, 0.15) is 18.5 Å². The molecule has 5 heteroatoms. The maximum Gasteiger partial charge on any atom is 0.228 e. The Morgan fingerprint density at radius 2 is 2.25 bits per heavy atom. The Morgan fingerprint density at radius 1 is 1.56 bits per heavy atom. The molecule has 0 radical (unpaired) electrons. The highest BCUT2D eigenvalue weighted by Gasteiger charge is 2.29. The number of likely N-dealkylation sites (N-methyl/N-ethyl adjacent to an activating group) is 1. The molecule has 0 atom stereocenters. The first-order chi connectivity index (χ1) is 7.16. The summed E-state index contributed by atoms with van der Waals surface area (Å²) in [6, 6.07) is 4.03. The van der Waals surface area contributed by atoms with Gasteiger partial charge >= 0.3 is 0 Å². The first kappa shape index (κ1) is 12.8. The zero-order valence-electron chi connectivity index (χ0n) is 9.22. The van der Waals surface area contributed by atoms with Gasteiger partial charge in [0.05, 0.1) is 18.3 Å². The zero-order valence-corrected chi connectivity index (χ0v) is 10.0. The second-order valence-electron chi connectivity index (χ2n) is 4.00.